The van der Waals surface area contributed by atoms with Crippen molar-refractivity contribution in [1.29, 1.82) is 0 Å². The molecule has 0 spiro atoms. The molecule has 2 unspecified atom stereocenters. The molecule has 2 N–H and O–H groups in total. The first-order valence-corrected chi connectivity index (χ1v) is 8.43. The molecule has 1 heteroatoms. The number of benzene rings is 1. The van der Waals surface area contributed by atoms with Crippen molar-refractivity contribution in [3.8, 4) is 0 Å². The summed E-state index contributed by atoms with van der Waals surface area (Å²) in [6.45, 7) is 6.94. The van der Waals surface area contributed by atoms with Crippen LogP contribution in [-0.2, 0) is 12.0 Å². The molecule has 0 saturated heterocycles. The summed E-state index contributed by atoms with van der Waals surface area (Å²) in [6.07, 6.45) is 8.58. The molecule has 0 aromatic heterocycles. The maximum atomic E-state index is 6.77. The molecule has 0 aliphatic heterocycles. The molecule has 1 saturated carbocycles. The number of nitrogens with two attached hydrogens (primary N) is 1. The van der Waals surface area contributed by atoms with Gasteiger partial charge in [0.1, 0.15) is 0 Å². The standard InChI is InChI=1S/C19H31N/c1-4-6-16-8-10-18(11-9-16)19(20)13-5-7-17(12-14-19)15(2)3/h8-11,15,17H,4-7,12-14,20H2,1-3H3. The van der Waals surface area contributed by atoms with Crippen LogP contribution in [0.5, 0.6) is 0 Å². The maximum Gasteiger partial charge on any atom is 0.0409 e. The van der Waals surface area contributed by atoms with E-state index in [0.29, 0.717) is 0 Å². The lowest BCUT2D eigenvalue weighted by atomic mass is 9.82. The Bertz CT molecular complexity index is 406. The zero-order valence-corrected chi connectivity index (χ0v) is 13.5. The van der Waals surface area contributed by atoms with Crippen LogP contribution in [0.15, 0.2) is 24.3 Å². The predicted octanol–water partition coefficient (Wildman–Crippen LogP) is 5.03. The highest BCUT2D eigenvalue weighted by molar-refractivity contribution is 5.28. The first kappa shape index (κ1) is 15.6. The highest BCUT2D eigenvalue weighted by Gasteiger charge is 2.31. The molecule has 1 aliphatic carbocycles. The van der Waals surface area contributed by atoms with Gasteiger partial charge in [-0.2, -0.15) is 0 Å². The van der Waals surface area contributed by atoms with Crippen molar-refractivity contribution < 1.29 is 0 Å². The lowest BCUT2D eigenvalue weighted by Crippen LogP contribution is -2.36. The highest BCUT2D eigenvalue weighted by atomic mass is 14.7. The predicted molar refractivity (Wildman–Crippen MR) is 87.7 cm³/mol. The van der Waals surface area contributed by atoms with Gasteiger partial charge in [-0.15, -0.1) is 0 Å². The van der Waals surface area contributed by atoms with Gasteiger partial charge in [-0.05, 0) is 48.6 Å². The van der Waals surface area contributed by atoms with Gasteiger partial charge in [0.25, 0.3) is 0 Å². The largest absolute Gasteiger partial charge is 0.321 e. The topological polar surface area (TPSA) is 26.0 Å². The maximum absolute atomic E-state index is 6.77. The van der Waals surface area contributed by atoms with Crippen LogP contribution >= 0.6 is 0 Å². The summed E-state index contributed by atoms with van der Waals surface area (Å²) in [5.74, 6) is 1.66. The summed E-state index contributed by atoms with van der Waals surface area (Å²) in [5, 5.41) is 0. The summed E-state index contributed by atoms with van der Waals surface area (Å²) in [6, 6.07) is 9.11. The van der Waals surface area contributed by atoms with Crippen LogP contribution in [0.25, 0.3) is 0 Å². The number of rotatable bonds is 4. The van der Waals surface area contributed by atoms with E-state index in [1.54, 1.807) is 0 Å². The van der Waals surface area contributed by atoms with Crippen molar-refractivity contribution >= 4 is 0 Å². The van der Waals surface area contributed by atoms with Crippen LogP contribution in [0.2, 0.25) is 0 Å². The average Bonchev–Trinajstić information content (AvgIpc) is 2.63. The molecule has 2 atom stereocenters. The van der Waals surface area contributed by atoms with E-state index < -0.39 is 0 Å². The molecule has 112 valence electrons. The minimum atomic E-state index is -0.0889. The van der Waals surface area contributed by atoms with Crippen molar-refractivity contribution in [3.05, 3.63) is 35.4 Å². The van der Waals surface area contributed by atoms with E-state index in [-0.39, 0.29) is 5.54 Å². The quantitative estimate of drug-likeness (QED) is 0.765. The monoisotopic (exact) mass is 273 g/mol. The van der Waals surface area contributed by atoms with Gasteiger partial charge in [0.15, 0.2) is 0 Å². The van der Waals surface area contributed by atoms with Gasteiger partial charge >= 0.3 is 0 Å². The molecular weight excluding hydrogens is 242 g/mol. The SMILES string of the molecule is CCCc1ccc(C2(N)CCCC(C(C)C)CC2)cc1. The zero-order valence-electron chi connectivity index (χ0n) is 13.5. The van der Waals surface area contributed by atoms with E-state index in [1.807, 2.05) is 0 Å². The van der Waals surface area contributed by atoms with Crippen LogP contribution in [0.4, 0.5) is 0 Å². The van der Waals surface area contributed by atoms with Gasteiger partial charge < -0.3 is 5.73 Å². The number of hydrogen-bond acceptors (Lipinski definition) is 1. The van der Waals surface area contributed by atoms with Crippen molar-refractivity contribution in [1.82, 2.24) is 0 Å². The Morgan fingerprint density at radius 3 is 2.45 bits per heavy atom. The van der Waals surface area contributed by atoms with Crippen LogP contribution < -0.4 is 5.73 Å². The Morgan fingerprint density at radius 2 is 1.85 bits per heavy atom. The van der Waals surface area contributed by atoms with Gasteiger partial charge in [0, 0.05) is 5.54 Å². The molecule has 1 nitrogen and oxygen atoms in total. The molecule has 20 heavy (non-hydrogen) atoms. The Morgan fingerprint density at radius 1 is 1.15 bits per heavy atom. The Hall–Kier alpha value is -0.820. The molecule has 1 fully saturated rings. The lowest BCUT2D eigenvalue weighted by Gasteiger charge is -2.29. The Kier molecular flexibility index (Phi) is 5.26. The first-order chi connectivity index (χ1) is 9.55. The second kappa shape index (κ2) is 6.76. The van der Waals surface area contributed by atoms with Crippen molar-refractivity contribution in [3.63, 3.8) is 0 Å². The van der Waals surface area contributed by atoms with Crippen LogP contribution in [0.1, 0.15) is 70.4 Å². The van der Waals surface area contributed by atoms with Gasteiger partial charge in [-0.1, -0.05) is 64.3 Å². The third-order valence-corrected chi connectivity index (χ3v) is 5.17. The first-order valence-electron chi connectivity index (χ1n) is 8.43. The number of aryl methyl sites for hydroxylation is 1. The fraction of sp³-hybridized carbons (Fsp3) is 0.684. The molecule has 0 radical (unpaired) electrons. The summed E-state index contributed by atoms with van der Waals surface area (Å²) in [7, 11) is 0. The summed E-state index contributed by atoms with van der Waals surface area (Å²) in [4.78, 5) is 0. The second-order valence-electron chi connectivity index (χ2n) is 7.04. The third-order valence-electron chi connectivity index (χ3n) is 5.17. The van der Waals surface area contributed by atoms with Crippen LogP contribution in [0.3, 0.4) is 0 Å². The molecule has 1 aromatic rings. The third kappa shape index (κ3) is 3.63. The van der Waals surface area contributed by atoms with Crippen molar-refractivity contribution in [2.45, 2.75) is 71.3 Å². The smallest absolute Gasteiger partial charge is 0.0409 e. The molecule has 2 rings (SSSR count). The molecule has 0 amide bonds. The minimum Gasteiger partial charge on any atom is -0.321 e. The second-order valence-corrected chi connectivity index (χ2v) is 7.04. The van der Waals surface area contributed by atoms with E-state index in [0.717, 1.165) is 24.7 Å². The highest BCUT2D eigenvalue weighted by Crippen LogP contribution is 2.38. The molecule has 0 bridgehead atoms. The van der Waals surface area contributed by atoms with E-state index in [4.69, 9.17) is 5.73 Å². The fourth-order valence-electron chi connectivity index (χ4n) is 3.64. The minimum absolute atomic E-state index is 0.0889. The molecular formula is C19H31N. The van der Waals surface area contributed by atoms with Gasteiger partial charge in [-0.3, -0.25) is 0 Å². The summed E-state index contributed by atoms with van der Waals surface area (Å²) in [5.41, 5.74) is 9.47. The van der Waals surface area contributed by atoms with Crippen molar-refractivity contribution in [2.75, 3.05) is 0 Å². The van der Waals surface area contributed by atoms with Gasteiger partial charge in [-0.25, -0.2) is 0 Å². The molecule has 1 aromatic carbocycles. The van der Waals surface area contributed by atoms with Crippen molar-refractivity contribution in [2.24, 2.45) is 17.6 Å². The van der Waals surface area contributed by atoms with E-state index in [2.05, 4.69) is 45.0 Å². The average molecular weight is 273 g/mol. The summed E-state index contributed by atoms with van der Waals surface area (Å²) >= 11 is 0. The Labute approximate surface area is 125 Å². The normalized spacial score (nSPS) is 27.6. The zero-order chi connectivity index (χ0) is 14.6. The van der Waals surface area contributed by atoms with E-state index in [9.17, 15) is 0 Å². The van der Waals surface area contributed by atoms with Gasteiger partial charge in [0.05, 0.1) is 0 Å². The van der Waals surface area contributed by atoms with Crippen LogP contribution in [0, 0.1) is 11.8 Å². The molecule has 1 aliphatic rings. The summed E-state index contributed by atoms with van der Waals surface area (Å²) < 4.78 is 0. The lowest BCUT2D eigenvalue weighted by molar-refractivity contribution is 0.325. The van der Waals surface area contributed by atoms with E-state index >= 15 is 0 Å². The fourth-order valence-corrected chi connectivity index (χ4v) is 3.64. The van der Waals surface area contributed by atoms with E-state index in [1.165, 1.54) is 43.2 Å². The van der Waals surface area contributed by atoms with Gasteiger partial charge in [0.2, 0.25) is 0 Å². The van der Waals surface area contributed by atoms with Crippen LogP contribution in [-0.4, -0.2) is 0 Å². The Balaban J connectivity index is 2.09. The molecule has 0 heterocycles. The number of hydrogen-bond donors (Lipinski definition) is 1.